The van der Waals surface area contributed by atoms with Gasteiger partial charge in [0.05, 0.1) is 25.1 Å². The van der Waals surface area contributed by atoms with Gasteiger partial charge in [0.1, 0.15) is 14.2 Å². The summed E-state index contributed by atoms with van der Waals surface area (Å²) < 4.78 is 4.65. The van der Waals surface area contributed by atoms with Crippen molar-refractivity contribution in [3.63, 3.8) is 0 Å². The molecule has 0 spiro atoms. The molecule has 0 bridgehead atoms. The average Bonchev–Trinajstić information content (AvgIpc) is 2.74. The Labute approximate surface area is 181 Å². The van der Waals surface area contributed by atoms with E-state index in [1.54, 1.807) is 6.21 Å². The van der Waals surface area contributed by atoms with Gasteiger partial charge in [-0.05, 0) is 32.6 Å². The van der Waals surface area contributed by atoms with Crippen molar-refractivity contribution >= 4 is 17.9 Å². The minimum Gasteiger partial charge on any atom is -0.469 e. The van der Waals surface area contributed by atoms with Gasteiger partial charge in [-0.2, -0.15) is 0 Å². The van der Waals surface area contributed by atoms with Crippen LogP contribution < -0.4 is 0 Å². The van der Waals surface area contributed by atoms with E-state index in [9.17, 15) is 9.90 Å². The number of hydrogen-bond acceptors (Lipinski definition) is 7. The predicted octanol–water partition coefficient (Wildman–Crippen LogP) is 4.66. The van der Waals surface area contributed by atoms with Crippen molar-refractivity contribution in [3.05, 3.63) is 24.3 Å². The van der Waals surface area contributed by atoms with Crippen LogP contribution in [0.5, 0.6) is 0 Å². The van der Waals surface area contributed by atoms with Crippen LogP contribution in [0.4, 0.5) is 0 Å². The van der Waals surface area contributed by atoms with Gasteiger partial charge < -0.3 is 19.5 Å². The van der Waals surface area contributed by atoms with Crippen molar-refractivity contribution in [1.82, 2.24) is 0 Å². The highest BCUT2D eigenvalue weighted by molar-refractivity contribution is 5.87. The van der Waals surface area contributed by atoms with E-state index in [1.165, 1.54) is 21.3 Å². The summed E-state index contributed by atoms with van der Waals surface area (Å²) in [6.07, 6.45) is 15.8. The van der Waals surface area contributed by atoms with Crippen LogP contribution in [-0.4, -0.2) is 50.4 Å². The van der Waals surface area contributed by atoms with Crippen LogP contribution in [0.3, 0.4) is 0 Å². The number of allylic oxidation sites excluding steroid dienone is 3. The maximum atomic E-state index is 11.2. The summed E-state index contributed by atoms with van der Waals surface area (Å²) in [5.41, 5.74) is 0.828. The predicted molar refractivity (Wildman–Crippen MR) is 122 cm³/mol. The first-order valence-electron chi connectivity index (χ1n) is 10.7. The number of rotatable bonds is 17. The number of oxime groups is 2. The minimum absolute atomic E-state index is 0.000186. The highest BCUT2D eigenvalue weighted by Gasteiger charge is 2.21. The Morgan fingerprint density at radius 3 is 2.47 bits per heavy atom. The molecule has 0 aromatic heterocycles. The van der Waals surface area contributed by atoms with Gasteiger partial charge in [0.15, 0.2) is 0 Å². The lowest BCUT2D eigenvalue weighted by Gasteiger charge is -2.20. The van der Waals surface area contributed by atoms with E-state index in [2.05, 4.69) is 34.1 Å². The highest BCUT2D eigenvalue weighted by atomic mass is 16.6. The smallest absolute Gasteiger partial charge is 0.305 e. The molecule has 7 heteroatoms. The number of nitrogens with zero attached hydrogens (tertiary/aromatic N) is 2. The van der Waals surface area contributed by atoms with Crippen molar-refractivity contribution in [3.8, 4) is 0 Å². The van der Waals surface area contributed by atoms with Crippen molar-refractivity contribution in [1.29, 1.82) is 0 Å². The van der Waals surface area contributed by atoms with E-state index < -0.39 is 6.10 Å². The third kappa shape index (κ3) is 13.9. The van der Waals surface area contributed by atoms with Crippen LogP contribution in [0, 0.1) is 11.8 Å². The molecule has 30 heavy (non-hydrogen) atoms. The number of carbonyl (C=O) groups is 1. The standard InChI is InChI=1S/C23H40N2O5/c1-6-7-10-13-21(26)17-16-20(18-24-29-4)22(19(2)25-30-5)14-11-8-9-12-15-23(27)28-3/h8,11,16-18,20-22,26H,6-7,9-10,12-15H2,1-5H3/b11-8-,17-16+,24-18+,25-19-/t20-,21-,22-/m0/s1. The van der Waals surface area contributed by atoms with E-state index >= 15 is 0 Å². The Kier molecular flexibility index (Phi) is 17.5. The van der Waals surface area contributed by atoms with Crippen LogP contribution in [0.25, 0.3) is 0 Å². The molecule has 0 radical (unpaired) electrons. The molecular weight excluding hydrogens is 384 g/mol. The summed E-state index contributed by atoms with van der Waals surface area (Å²) >= 11 is 0. The molecule has 1 N–H and O–H groups in total. The molecule has 172 valence electrons. The number of hydrogen-bond donors (Lipinski definition) is 1. The number of unbranched alkanes of at least 4 members (excludes halogenated alkanes) is 3. The molecular formula is C23H40N2O5. The van der Waals surface area contributed by atoms with Crippen LogP contribution >= 0.6 is 0 Å². The van der Waals surface area contributed by atoms with E-state index in [0.29, 0.717) is 12.8 Å². The lowest BCUT2D eigenvalue weighted by molar-refractivity contribution is -0.140. The molecule has 0 aliphatic heterocycles. The summed E-state index contributed by atoms with van der Waals surface area (Å²) in [5, 5.41) is 18.3. The lowest BCUT2D eigenvalue weighted by Crippen LogP contribution is -2.22. The molecule has 0 heterocycles. The Morgan fingerprint density at radius 2 is 1.83 bits per heavy atom. The summed E-state index contributed by atoms with van der Waals surface area (Å²) in [6.45, 7) is 4.06. The maximum Gasteiger partial charge on any atom is 0.305 e. The summed E-state index contributed by atoms with van der Waals surface area (Å²) in [7, 11) is 4.43. The van der Waals surface area contributed by atoms with Crippen LogP contribution in [0.1, 0.15) is 65.2 Å². The second kappa shape index (κ2) is 18.9. The topological polar surface area (TPSA) is 89.7 Å². The number of carbonyl (C=O) groups excluding carboxylic acids is 1. The highest BCUT2D eigenvalue weighted by Crippen LogP contribution is 2.21. The fourth-order valence-electron chi connectivity index (χ4n) is 3.02. The molecule has 0 saturated heterocycles. The van der Waals surface area contributed by atoms with Gasteiger partial charge in [0.25, 0.3) is 0 Å². The van der Waals surface area contributed by atoms with Crippen LogP contribution in [0.2, 0.25) is 0 Å². The Hall–Kier alpha value is -2.15. The zero-order valence-corrected chi connectivity index (χ0v) is 19.3. The number of ether oxygens (including phenoxy) is 1. The summed E-state index contributed by atoms with van der Waals surface area (Å²) in [6, 6.07) is 0. The second-order valence-electron chi connectivity index (χ2n) is 7.16. The third-order valence-electron chi connectivity index (χ3n) is 4.77. The zero-order valence-electron chi connectivity index (χ0n) is 19.3. The molecule has 0 aliphatic rings. The zero-order chi connectivity index (χ0) is 22.6. The molecule has 0 amide bonds. The van der Waals surface area contributed by atoms with Gasteiger partial charge in [-0.3, -0.25) is 4.79 Å². The first-order chi connectivity index (χ1) is 14.5. The monoisotopic (exact) mass is 424 g/mol. The van der Waals surface area contributed by atoms with Crippen LogP contribution in [0.15, 0.2) is 34.6 Å². The molecule has 0 rings (SSSR count). The largest absolute Gasteiger partial charge is 0.469 e. The van der Waals surface area contributed by atoms with Crippen molar-refractivity contribution in [2.45, 2.75) is 71.3 Å². The molecule has 0 aliphatic carbocycles. The molecule has 0 unspecified atom stereocenters. The minimum atomic E-state index is -0.482. The van der Waals surface area contributed by atoms with E-state index in [-0.39, 0.29) is 17.8 Å². The number of methoxy groups -OCH3 is 1. The number of aliphatic hydroxyl groups is 1. The summed E-state index contributed by atoms with van der Waals surface area (Å²) in [4.78, 5) is 21.0. The van der Waals surface area contributed by atoms with E-state index in [1.807, 2.05) is 19.1 Å². The van der Waals surface area contributed by atoms with Gasteiger partial charge in [0, 0.05) is 18.3 Å². The van der Waals surface area contributed by atoms with Gasteiger partial charge in [0.2, 0.25) is 0 Å². The van der Waals surface area contributed by atoms with Crippen LogP contribution in [-0.2, 0) is 19.2 Å². The van der Waals surface area contributed by atoms with Gasteiger partial charge in [-0.1, -0.05) is 60.8 Å². The summed E-state index contributed by atoms with van der Waals surface area (Å²) in [5.74, 6) is -0.299. The molecule has 0 saturated carbocycles. The second-order valence-corrected chi connectivity index (χ2v) is 7.16. The Morgan fingerprint density at radius 1 is 1.07 bits per heavy atom. The molecule has 0 fully saturated rings. The van der Waals surface area contributed by atoms with Crippen molar-refractivity contribution < 1.29 is 24.3 Å². The number of aliphatic hydroxyl groups excluding tert-OH is 1. The molecule has 0 aromatic carbocycles. The van der Waals surface area contributed by atoms with E-state index in [0.717, 1.165) is 44.2 Å². The quantitative estimate of drug-likeness (QED) is 0.121. The number of esters is 1. The molecule has 0 aromatic rings. The first kappa shape index (κ1) is 27.8. The van der Waals surface area contributed by atoms with Gasteiger partial charge in [-0.25, -0.2) is 0 Å². The third-order valence-corrected chi connectivity index (χ3v) is 4.77. The van der Waals surface area contributed by atoms with E-state index in [4.69, 9.17) is 9.68 Å². The maximum absolute atomic E-state index is 11.2. The Bertz CT molecular complexity index is 558. The normalized spacial score (nSPS) is 15.6. The first-order valence-corrected chi connectivity index (χ1v) is 10.7. The fourth-order valence-corrected chi connectivity index (χ4v) is 3.02. The fraction of sp³-hybridized carbons (Fsp3) is 0.696. The van der Waals surface area contributed by atoms with Crippen molar-refractivity contribution in [2.24, 2.45) is 22.1 Å². The SMILES string of the molecule is CCCCC[C@H](O)/C=C/[C@@H](/C=N/OC)[C@@H](C/C=C\CCCC(=O)OC)/C(C)=N\OC. The molecule has 3 atom stereocenters. The lowest BCUT2D eigenvalue weighted by atomic mass is 9.85. The molecule has 7 nitrogen and oxygen atoms in total. The average molecular weight is 425 g/mol. The van der Waals surface area contributed by atoms with Gasteiger partial charge in [-0.15, -0.1) is 0 Å². The van der Waals surface area contributed by atoms with Gasteiger partial charge >= 0.3 is 5.97 Å². The van der Waals surface area contributed by atoms with Crippen molar-refractivity contribution in [2.75, 3.05) is 21.3 Å². The Balaban J connectivity index is 5.13.